The van der Waals surface area contributed by atoms with Crippen molar-refractivity contribution in [2.75, 3.05) is 0 Å². The Labute approximate surface area is 79.0 Å². The number of rotatable bonds is 2. The number of hydrogen-bond acceptors (Lipinski definition) is 2. The lowest BCUT2D eigenvalue weighted by atomic mass is 10.1. The Morgan fingerprint density at radius 2 is 2.21 bits per heavy atom. The van der Waals surface area contributed by atoms with Gasteiger partial charge in [0.05, 0.1) is 18.1 Å². The first-order valence-corrected chi connectivity index (χ1v) is 3.87. The van der Waals surface area contributed by atoms with Crippen LogP contribution in [0.1, 0.15) is 23.2 Å². The molecule has 0 amide bonds. The predicted octanol–water partition coefficient (Wildman–Crippen LogP) is 2.53. The van der Waals surface area contributed by atoms with Crippen LogP contribution in [0.2, 0.25) is 0 Å². The Morgan fingerprint density at radius 3 is 2.71 bits per heavy atom. The van der Waals surface area contributed by atoms with E-state index >= 15 is 0 Å². The Bertz CT molecular complexity index is 382. The SMILES string of the molecule is Cc1ncc(C(F)F)c(F)c1CC#N. The Kier molecular flexibility index (Phi) is 3.07. The van der Waals surface area contributed by atoms with Crippen LogP contribution < -0.4 is 0 Å². The first-order valence-electron chi connectivity index (χ1n) is 3.87. The van der Waals surface area contributed by atoms with Gasteiger partial charge in [-0.3, -0.25) is 4.98 Å². The molecular weight excluding hydrogens is 193 g/mol. The van der Waals surface area contributed by atoms with Crippen molar-refractivity contribution in [2.24, 2.45) is 0 Å². The topological polar surface area (TPSA) is 36.7 Å². The van der Waals surface area contributed by atoms with Gasteiger partial charge in [0, 0.05) is 17.5 Å². The summed E-state index contributed by atoms with van der Waals surface area (Å²) in [5.74, 6) is -1.02. The van der Waals surface area contributed by atoms with Crippen molar-refractivity contribution in [2.45, 2.75) is 19.8 Å². The van der Waals surface area contributed by atoms with E-state index in [-0.39, 0.29) is 17.7 Å². The number of pyridine rings is 1. The van der Waals surface area contributed by atoms with E-state index in [0.717, 1.165) is 6.20 Å². The fourth-order valence-electron chi connectivity index (χ4n) is 1.07. The van der Waals surface area contributed by atoms with Gasteiger partial charge in [-0.25, -0.2) is 13.2 Å². The van der Waals surface area contributed by atoms with Gasteiger partial charge in [-0.05, 0) is 6.92 Å². The number of hydrogen-bond donors (Lipinski definition) is 0. The molecule has 0 aliphatic heterocycles. The second-order valence-corrected chi connectivity index (χ2v) is 2.73. The smallest absolute Gasteiger partial charge is 0.261 e. The molecule has 1 aromatic rings. The van der Waals surface area contributed by atoms with E-state index in [1.807, 2.05) is 0 Å². The highest BCUT2D eigenvalue weighted by Gasteiger charge is 2.18. The van der Waals surface area contributed by atoms with Gasteiger partial charge >= 0.3 is 0 Å². The highest BCUT2D eigenvalue weighted by atomic mass is 19.3. The average molecular weight is 200 g/mol. The standard InChI is InChI=1S/C9H7F3N2/c1-5-6(2-3-13)8(10)7(4-14-5)9(11)12/h4,9H,2H2,1H3. The molecule has 0 aliphatic rings. The summed E-state index contributed by atoms with van der Waals surface area (Å²) < 4.78 is 37.7. The van der Waals surface area contributed by atoms with Gasteiger partial charge in [-0.15, -0.1) is 0 Å². The first-order chi connectivity index (χ1) is 6.57. The largest absolute Gasteiger partial charge is 0.268 e. The molecule has 0 radical (unpaired) electrons. The maximum Gasteiger partial charge on any atom is 0.268 e. The highest BCUT2D eigenvalue weighted by molar-refractivity contribution is 5.29. The normalized spacial score (nSPS) is 10.3. The third-order valence-electron chi connectivity index (χ3n) is 1.84. The Hall–Kier alpha value is -1.57. The van der Waals surface area contributed by atoms with Gasteiger partial charge in [-0.2, -0.15) is 5.26 Å². The number of halogens is 3. The van der Waals surface area contributed by atoms with E-state index in [2.05, 4.69) is 4.98 Å². The number of alkyl halides is 2. The minimum atomic E-state index is -2.90. The molecule has 0 fully saturated rings. The molecule has 1 rings (SSSR count). The third-order valence-corrected chi connectivity index (χ3v) is 1.84. The van der Waals surface area contributed by atoms with E-state index in [1.54, 1.807) is 6.07 Å². The van der Waals surface area contributed by atoms with Crippen molar-refractivity contribution >= 4 is 0 Å². The fraction of sp³-hybridized carbons (Fsp3) is 0.333. The zero-order chi connectivity index (χ0) is 10.7. The number of aromatic nitrogens is 1. The van der Waals surface area contributed by atoms with Crippen molar-refractivity contribution in [3.05, 3.63) is 28.8 Å². The van der Waals surface area contributed by atoms with E-state index in [4.69, 9.17) is 5.26 Å². The van der Waals surface area contributed by atoms with Crippen molar-refractivity contribution in [3.8, 4) is 6.07 Å². The molecule has 14 heavy (non-hydrogen) atoms. The molecule has 0 unspecified atom stereocenters. The Morgan fingerprint density at radius 1 is 1.57 bits per heavy atom. The van der Waals surface area contributed by atoms with E-state index in [0.29, 0.717) is 0 Å². The number of nitriles is 1. The molecule has 0 spiro atoms. The summed E-state index contributed by atoms with van der Waals surface area (Å²) in [6.07, 6.45) is -2.35. The summed E-state index contributed by atoms with van der Waals surface area (Å²) in [5.41, 5.74) is -0.528. The lowest BCUT2D eigenvalue weighted by Crippen LogP contribution is -2.02. The lowest BCUT2D eigenvalue weighted by Gasteiger charge is -2.07. The van der Waals surface area contributed by atoms with Crippen molar-refractivity contribution in [1.82, 2.24) is 4.98 Å². The third kappa shape index (κ3) is 1.84. The summed E-state index contributed by atoms with van der Waals surface area (Å²) >= 11 is 0. The van der Waals surface area contributed by atoms with E-state index in [9.17, 15) is 13.2 Å². The van der Waals surface area contributed by atoms with Crippen molar-refractivity contribution < 1.29 is 13.2 Å². The van der Waals surface area contributed by atoms with Gasteiger partial charge in [0.25, 0.3) is 6.43 Å². The molecule has 0 saturated carbocycles. The van der Waals surface area contributed by atoms with Crippen molar-refractivity contribution in [3.63, 3.8) is 0 Å². The van der Waals surface area contributed by atoms with E-state index in [1.165, 1.54) is 6.92 Å². The zero-order valence-electron chi connectivity index (χ0n) is 7.39. The zero-order valence-corrected chi connectivity index (χ0v) is 7.39. The quantitative estimate of drug-likeness (QED) is 0.735. The highest BCUT2D eigenvalue weighted by Crippen LogP contribution is 2.24. The fourth-order valence-corrected chi connectivity index (χ4v) is 1.07. The van der Waals surface area contributed by atoms with Crippen LogP contribution in [0.5, 0.6) is 0 Å². The molecule has 0 N–H and O–H groups in total. The van der Waals surface area contributed by atoms with Crippen LogP contribution in [-0.4, -0.2) is 4.98 Å². The van der Waals surface area contributed by atoms with Crippen LogP contribution in [0.25, 0.3) is 0 Å². The van der Waals surface area contributed by atoms with Crippen LogP contribution in [0.4, 0.5) is 13.2 Å². The molecular formula is C9H7F3N2. The number of aryl methyl sites for hydroxylation is 1. The van der Waals surface area contributed by atoms with Crippen LogP contribution in [0.3, 0.4) is 0 Å². The van der Waals surface area contributed by atoms with Gasteiger partial charge in [0.2, 0.25) is 0 Å². The maximum absolute atomic E-state index is 13.3. The second kappa shape index (κ2) is 4.09. The summed E-state index contributed by atoms with van der Waals surface area (Å²) in [6.45, 7) is 1.48. The van der Waals surface area contributed by atoms with Gasteiger partial charge < -0.3 is 0 Å². The molecule has 5 heteroatoms. The average Bonchev–Trinajstić information content (AvgIpc) is 2.11. The van der Waals surface area contributed by atoms with Crippen LogP contribution >= 0.6 is 0 Å². The minimum absolute atomic E-state index is 0.0506. The molecule has 0 aromatic carbocycles. The molecule has 0 saturated heterocycles. The molecule has 74 valence electrons. The van der Waals surface area contributed by atoms with Gasteiger partial charge in [-0.1, -0.05) is 0 Å². The maximum atomic E-state index is 13.3. The molecule has 0 bridgehead atoms. The van der Waals surface area contributed by atoms with Crippen LogP contribution in [0, 0.1) is 24.1 Å². The monoisotopic (exact) mass is 200 g/mol. The molecule has 1 heterocycles. The van der Waals surface area contributed by atoms with Crippen LogP contribution in [-0.2, 0) is 6.42 Å². The summed E-state index contributed by atoms with van der Waals surface area (Å²) in [7, 11) is 0. The summed E-state index contributed by atoms with van der Waals surface area (Å²) in [5, 5.41) is 8.37. The number of nitrogens with zero attached hydrogens (tertiary/aromatic N) is 2. The first kappa shape index (κ1) is 10.5. The summed E-state index contributed by atoms with van der Waals surface area (Å²) in [4.78, 5) is 3.61. The van der Waals surface area contributed by atoms with E-state index < -0.39 is 17.8 Å². The Balaban J connectivity index is 3.27. The molecule has 1 aromatic heterocycles. The minimum Gasteiger partial charge on any atom is -0.261 e. The molecule has 0 atom stereocenters. The molecule has 2 nitrogen and oxygen atoms in total. The van der Waals surface area contributed by atoms with Crippen molar-refractivity contribution in [1.29, 1.82) is 5.26 Å². The second-order valence-electron chi connectivity index (χ2n) is 2.73. The van der Waals surface area contributed by atoms with Gasteiger partial charge in [0.15, 0.2) is 0 Å². The predicted molar refractivity (Wildman–Crippen MR) is 43.2 cm³/mol. The summed E-state index contributed by atoms with van der Waals surface area (Å²) in [6, 6.07) is 1.71. The van der Waals surface area contributed by atoms with Gasteiger partial charge in [0.1, 0.15) is 5.82 Å². The lowest BCUT2D eigenvalue weighted by molar-refractivity contribution is 0.145. The van der Waals surface area contributed by atoms with Crippen LogP contribution in [0.15, 0.2) is 6.20 Å². The molecule has 0 aliphatic carbocycles.